The molecule has 0 aromatic heterocycles. The van der Waals surface area contributed by atoms with Gasteiger partial charge in [-0.1, -0.05) is 64.3 Å². The molecule has 0 bridgehead atoms. The van der Waals surface area contributed by atoms with Crippen LogP contribution in [0.2, 0.25) is 0 Å². The molecule has 0 heterocycles. The zero-order chi connectivity index (χ0) is 13.6. The predicted octanol–water partition coefficient (Wildman–Crippen LogP) is 4.33. The number of aliphatic hydroxyl groups is 1. The Balaban J connectivity index is 0.00000289. The zero-order valence-corrected chi connectivity index (χ0v) is 16.1. The van der Waals surface area contributed by atoms with Crippen molar-refractivity contribution >= 4 is 0 Å². The number of hydrogen-bond donors (Lipinski definition) is 1. The molecule has 0 amide bonds. The van der Waals surface area contributed by atoms with Gasteiger partial charge in [-0.25, -0.2) is 0 Å². The first-order chi connectivity index (χ1) is 7.47. The zero-order valence-electron chi connectivity index (χ0n) is 13.1. The Morgan fingerprint density at radius 2 is 1.50 bits per heavy atom. The van der Waals surface area contributed by atoms with Gasteiger partial charge in [-0.15, -0.1) is 0 Å². The van der Waals surface area contributed by atoms with E-state index in [1.165, 1.54) is 16.7 Å². The molecule has 1 aliphatic carbocycles. The number of rotatable bonds is 2. The van der Waals surface area contributed by atoms with Crippen molar-refractivity contribution in [3.05, 3.63) is 22.8 Å². The summed E-state index contributed by atoms with van der Waals surface area (Å²) in [6, 6.07) is 0. The molecule has 1 aliphatic rings. The molecule has 104 valence electrons. The average Bonchev–Trinajstić information content (AvgIpc) is 2.21. The summed E-state index contributed by atoms with van der Waals surface area (Å²) in [5.41, 5.74) is 4.26. The molecule has 0 aliphatic heterocycles. The summed E-state index contributed by atoms with van der Waals surface area (Å²) in [7, 11) is 0. The van der Waals surface area contributed by atoms with Crippen molar-refractivity contribution in [2.75, 3.05) is 6.61 Å². The first-order valence-electron chi connectivity index (χ1n) is 6.50. The summed E-state index contributed by atoms with van der Waals surface area (Å²) in [6.45, 7) is 18.0. The fraction of sp³-hybridized carbons (Fsp3) is 0.750. The molecule has 0 saturated heterocycles. The maximum atomic E-state index is 9.64. The second kappa shape index (κ2) is 5.25. The molecule has 0 radical (unpaired) electrons. The van der Waals surface area contributed by atoms with Crippen LogP contribution >= 0.6 is 0 Å². The van der Waals surface area contributed by atoms with E-state index < -0.39 is 0 Å². The van der Waals surface area contributed by atoms with Crippen LogP contribution in [0.4, 0.5) is 0 Å². The van der Waals surface area contributed by atoms with Gasteiger partial charge in [0.15, 0.2) is 0 Å². The molecule has 18 heavy (non-hydrogen) atoms. The van der Waals surface area contributed by atoms with E-state index in [0.29, 0.717) is 0 Å². The van der Waals surface area contributed by atoms with Gasteiger partial charge in [-0.2, -0.15) is 0 Å². The second-order valence-corrected chi connectivity index (χ2v) is 7.20. The van der Waals surface area contributed by atoms with Gasteiger partial charge in [0, 0.05) is 37.3 Å². The normalized spacial score (nSPS) is 22.4. The van der Waals surface area contributed by atoms with Crippen molar-refractivity contribution in [1.82, 2.24) is 0 Å². The molecule has 1 nitrogen and oxygen atoms in total. The van der Waals surface area contributed by atoms with Crippen molar-refractivity contribution in [2.45, 2.75) is 55.4 Å². The molecule has 0 aromatic carbocycles. The van der Waals surface area contributed by atoms with Crippen LogP contribution in [0.25, 0.3) is 0 Å². The SMILES string of the molecule is CC1=C(C)C(C)(C)C(C(C)(C)CO)=CC1(C)C.[W]. The Morgan fingerprint density at radius 1 is 1.06 bits per heavy atom. The van der Waals surface area contributed by atoms with Gasteiger partial charge in [0.25, 0.3) is 0 Å². The predicted molar refractivity (Wildman–Crippen MR) is 74.9 cm³/mol. The third-order valence-corrected chi connectivity index (χ3v) is 4.77. The Hall–Kier alpha value is 0.128. The maximum Gasteiger partial charge on any atom is 0.0519 e. The molecule has 1 rings (SSSR count). The largest absolute Gasteiger partial charge is 0.395 e. The van der Waals surface area contributed by atoms with E-state index >= 15 is 0 Å². The number of aliphatic hydroxyl groups excluding tert-OH is 1. The van der Waals surface area contributed by atoms with Crippen molar-refractivity contribution in [2.24, 2.45) is 16.2 Å². The third-order valence-electron chi connectivity index (χ3n) is 4.77. The van der Waals surface area contributed by atoms with Crippen LogP contribution in [0.15, 0.2) is 22.8 Å². The number of allylic oxidation sites excluding steroid dienone is 3. The van der Waals surface area contributed by atoms with E-state index in [4.69, 9.17) is 0 Å². The Labute approximate surface area is 127 Å². The van der Waals surface area contributed by atoms with Crippen molar-refractivity contribution in [1.29, 1.82) is 0 Å². The van der Waals surface area contributed by atoms with Crippen molar-refractivity contribution in [3.63, 3.8) is 0 Å². The second-order valence-electron chi connectivity index (χ2n) is 7.20. The van der Waals surface area contributed by atoms with E-state index in [1.54, 1.807) is 0 Å². The molecule has 0 atom stereocenters. The average molecular weight is 420 g/mol. The summed E-state index contributed by atoms with van der Waals surface area (Å²) in [5, 5.41) is 9.64. The molecule has 2 heteroatoms. The molecule has 0 fully saturated rings. The summed E-state index contributed by atoms with van der Waals surface area (Å²) in [6.07, 6.45) is 2.37. The molecular weight excluding hydrogens is 392 g/mol. The quantitative estimate of drug-likeness (QED) is 0.660. The van der Waals surface area contributed by atoms with Crippen LogP contribution < -0.4 is 0 Å². The van der Waals surface area contributed by atoms with E-state index in [1.807, 2.05) is 0 Å². The third kappa shape index (κ3) is 2.83. The fourth-order valence-corrected chi connectivity index (χ4v) is 2.93. The van der Waals surface area contributed by atoms with Gasteiger partial charge in [0.1, 0.15) is 0 Å². The standard InChI is InChI=1S/C16H28O.W/c1-11-12(2)16(7,8)13(9-14(11,3)4)15(5,6)10-17;/h9,17H,10H2,1-8H3;. The van der Waals surface area contributed by atoms with Gasteiger partial charge in [-0.3, -0.25) is 0 Å². The smallest absolute Gasteiger partial charge is 0.0519 e. The first kappa shape index (κ1) is 18.1. The number of hydrogen-bond acceptors (Lipinski definition) is 1. The molecular formula is C16H28OW. The Bertz CT molecular complexity index is 384. The fourth-order valence-electron chi connectivity index (χ4n) is 2.93. The maximum absolute atomic E-state index is 9.64. The minimum Gasteiger partial charge on any atom is -0.395 e. The van der Waals surface area contributed by atoms with E-state index in [0.717, 1.165) is 0 Å². The summed E-state index contributed by atoms with van der Waals surface area (Å²) in [4.78, 5) is 0. The van der Waals surface area contributed by atoms with Crippen LogP contribution in [-0.2, 0) is 21.1 Å². The van der Waals surface area contributed by atoms with Gasteiger partial charge in [0.05, 0.1) is 6.61 Å². The van der Waals surface area contributed by atoms with Crippen LogP contribution in [0.5, 0.6) is 0 Å². The first-order valence-corrected chi connectivity index (χ1v) is 6.50. The van der Waals surface area contributed by atoms with Crippen LogP contribution in [-0.4, -0.2) is 11.7 Å². The molecule has 0 saturated carbocycles. The molecule has 1 N–H and O–H groups in total. The summed E-state index contributed by atoms with van der Waals surface area (Å²) >= 11 is 0. The van der Waals surface area contributed by atoms with Gasteiger partial charge >= 0.3 is 0 Å². The van der Waals surface area contributed by atoms with Crippen molar-refractivity contribution < 1.29 is 26.2 Å². The molecule has 0 unspecified atom stereocenters. The van der Waals surface area contributed by atoms with E-state index in [-0.39, 0.29) is 43.9 Å². The van der Waals surface area contributed by atoms with Gasteiger partial charge in [0.2, 0.25) is 0 Å². The van der Waals surface area contributed by atoms with E-state index in [9.17, 15) is 5.11 Å². The van der Waals surface area contributed by atoms with Crippen LogP contribution in [0, 0.1) is 16.2 Å². The minimum absolute atomic E-state index is 0. The summed E-state index contributed by atoms with van der Waals surface area (Å²) in [5.74, 6) is 0. The Kier molecular flexibility index (Phi) is 5.29. The monoisotopic (exact) mass is 420 g/mol. The van der Waals surface area contributed by atoms with Crippen LogP contribution in [0.1, 0.15) is 55.4 Å². The topological polar surface area (TPSA) is 20.2 Å². The minimum atomic E-state index is -0.150. The van der Waals surface area contributed by atoms with E-state index in [2.05, 4.69) is 61.5 Å². The van der Waals surface area contributed by atoms with Crippen molar-refractivity contribution in [3.8, 4) is 0 Å². The van der Waals surface area contributed by atoms with Gasteiger partial charge < -0.3 is 5.11 Å². The van der Waals surface area contributed by atoms with Gasteiger partial charge in [-0.05, 0) is 13.8 Å². The summed E-state index contributed by atoms with van der Waals surface area (Å²) < 4.78 is 0. The molecule has 0 aromatic rings. The molecule has 0 spiro atoms. The Morgan fingerprint density at radius 3 is 1.89 bits per heavy atom. The van der Waals surface area contributed by atoms with Crippen LogP contribution in [0.3, 0.4) is 0 Å².